The quantitative estimate of drug-likeness (QED) is 0.587. The van der Waals surface area contributed by atoms with E-state index in [2.05, 4.69) is 24.0 Å². The van der Waals surface area contributed by atoms with Crippen molar-refractivity contribution in [1.82, 2.24) is 4.90 Å². The summed E-state index contributed by atoms with van der Waals surface area (Å²) in [6.07, 6.45) is 2.11. The predicted octanol–water partition coefficient (Wildman–Crippen LogP) is 1.49. The number of oxime groups is 1. The Hall–Kier alpha value is -0.570. The van der Waals surface area contributed by atoms with Gasteiger partial charge in [0.15, 0.2) is 0 Å². The lowest BCUT2D eigenvalue weighted by Gasteiger charge is -2.29. The summed E-state index contributed by atoms with van der Waals surface area (Å²) in [5, 5.41) is 4.08. The fraction of sp³-hybridized carbons (Fsp3) is 0.889. The second kappa shape index (κ2) is 4.45. The average molecular weight is 170 g/mol. The second-order valence-electron chi connectivity index (χ2n) is 3.36. The first-order valence-corrected chi connectivity index (χ1v) is 4.62. The van der Waals surface area contributed by atoms with E-state index in [1.165, 1.54) is 5.71 Å². The molecule has 0 aromatic rings. The van der Waals surface area contributed by atoms with Gasteiger partial charge in [-0.15, -0.1) is 0 Å². The predicted molar refractivity (Wildman–Crippen MR) is 50.4 cm³/mol. The molecule has 1 atom stereocenters. The molecule has 0 radical (unpaired) electrons. The minimum Gasteiger partial charge on any atom is -0.396 e. The minimum absolute atomic E-state index is 0.609. The molecule has 3 nitrogen and oxygen atoms in total. The number of piperidine rings is 1. The van der Waals surface area contributed by atoms with Crippen LogP contribution >= 0.6 is 0 Å². The molecular weight excluding hydrogens is 152 g/mol. The highest BCUT2D eigenvalue weighted by Gasteiger charge is 2.18. The fourth-order valence-electron chi connectivity index (χ4n) is 1.36. The van der Waals surface area contributed by atoms with Crippen LogP contribution in [-0.4, -0.2) is 36.9 Å². The van der Waals surface area contributed by atoms with Crippen molar-refractivity contribution >= 4 is 5.71 Å². The van der Waals surface area contributed by atoms with Crippen LogP contribution < -0.4 is 0 Å². The van der Waals surface area contributed by atoms with Gasteiger partial charge < -0.3 is 9.74 Å². The lowest BCUT2D eigenvalue weighted by molar-refractivity contribution is 0.153. The number of hydrogen-bond acceptors (Lipinski definition) is 3. The van der Waals surface area contributed by atoms with Crippen LogP contribution in [0, 0.1) is 0 Å². The smallest absolute Gasteiger partial charge is 0.114 e. The molecular formula is C9H18N2O. The molecule has 1 unspecified atom stereocenters. The molecule has 12 heavy (non-hydrogen) atoms. The van der Waals surface area contributed by atoms with E-state index in [1.54, 1.807) is 0 Å². The first-order valence-electron chi connectivity index (χ1n) is 4.62. The molecule has 1 aliphatic heterocycles. The summed E-state index contributed by atoms with van der Waals surface area (Å²) in [5.41, 5.74) is 1.21. The molecule has 0 aromatic heterocycles. The van der Waals surface area contributed by atoms with E-state index in [-0.39, 0.29) is 0 Å². The van der Waals surface area contributed by atoms with Gasteiger partial charge in [0.25, 0.3) is 0 Å². The minimum atomic E-state index is 0.609. The van der Waals surface area contributed by atoms with Gasteiger partial charge in [0.2, 0.25) is 0 Å². The highest BCUT2D eigenvalue weighted by Crippen LogP contribution is 2.12. The van der Waals surface area contributed by atoms with E-state index in [4.69, 9.17) is 4.84 Å². The van der Waals surface area contributed by atoms with Crippen LogP contribution in [0.3, 0.4) is 0 Å². The fourth-order valence-corrected chi connectivity index (χ4v) is 1.36. The molecule has 3 heteroatoms. The van der Waals surface area contributed by atoms with E-state index < -0.39 is 0 Å². The summed E-state index contributed by atoms with van der Waals surface area (Å²) >= 11 is 0. The lowest BCUT2D eigenvalue weighted by atomic mass is 10.0. The molecule has 70 valence electrons. The summed E-state index contributed by atoms with van der Waals surface area (Å²) in [6.45, 7) is 5.96. The Morgan fingerprint density at radius 2 is 2.42 bits per heavy atom. The van der Waals surface area contributed by atoms with Crippen LogP contribution in [0.4, 0.5) is 0 Å². The van der Waals surface area contributed by atoms with Crippen molar-refractivity contribution in [3.8, 4) is 0 Å². The maximum Gasteiger partial charge on any atom is 0.114 e. The van der Waals surface area contributed by atoms with Crippen LogP contribution in [-0.2, 0) is 4.84 Å². The zero-order valence-electron chi connectivity index (χ0n) is 8.21. The standard InChI is InChI=1S/C9H18N2O/c1-4-12-10-9-5-6-11(3)8(2)7-9/h8H,4-7H2,1-3H3/b10-9+. The van der Waals surface area contributed by atoms with E-state index in [9.17, 15) is 0 Å². The topological polar surface area (TPSA) is 24.8 Å². The van der Waals surface area contributed by atoms with Gasteiger partial charge in [-0.3, -0.25) is 0 Å². The molecule has 0 bridgehead atoms. The largest absolute Gasteiger partial charge is 0.396 e. The van der Waals surface area contributed by atoms with E-state index in [0.29, 0.717) is 12.6 Å². The molecule has 1 rings (SSSR count). The Balaban J connectivity index is 2.39. The highest BCUT2D eigenvalue weighted by atomic mass is 16.6. The summed E-state index contributed by atoms with van der Waals surface area (Å²) in [7, 11) is 2.15. The van der Waals surface area contributed by atoms with Gasteiger partial charge in [-0.2, -0.15) is 0 Å². The zero-order valence-corrected chi connectivity index (χ0v) is 8.21. The molecule has 0 N–H and O–H groups in total. The molecule has 1 saturated heterocycles. The SMILES string of the molecule is CCO/N=C1\CCN(C)C(C)C1. The third-order valence-electron chi connectivity index (χ3n) is 2.36. The Labute approximate surface area is 74.4 Å². The average Bonchev–Trinajstić information content (AvgIpc) is 2.07. The van der Waals surface area contributed by atoms with Crippen LogP contribution in [0.1, 0.15) is 26.7 Å². The van der Waals surface area contributed by atoms with Gasteiger partial charge in [-0.1, -0.05) is 5.16 Å². The van der Waals surface area contributed by atoms with Crippen molar-refractivity contribution in [2.24, 2.45) is 5.16 Å². The molecule has 1 heterocycles. The Kier molecular flexibility index (Phi) is 3.53. The van der Waals surface area contributed by atoms with Crippen molar-refractivity contribution in [3.05, 3.63) is 0 Å². The van der Waals surface area contributed by atoms with Gasteiger partial charge in [-0.05, 0) is 20.9 Å². The van der Waals surface area contributed by atoms with Crippen LogP contribution in [0.2, 0.25) is 0 Å². The number of rotatable bonds is 2. The Morgan fingerprint density at radius 1 is 1.67 bits per heavy atom. The molecule has 0 aromatic carbocycles. The maximum absolute atomic E-state index is 5.03. The Morgan fingerprint density at radius 3 is 3.00 bits per heavy atom. The van der Waals surface area contributed by atoms with Crippen LogP contribution in [0.5, 0.6) is 0 Å². The third-order valence-corrected chi connectivity index (χ3v) is 2.36. The monoisotopic (exact) mass is 170 g/mol. The van der Waals surface area contributed by atoms with Gasteiger partial charge in [0, 0.05) is 25.4 Å². The second-order valence-corrected chi connectivity index (χ2v) is 3.36. The van der Waals surface area contributed by atoms with E-state index >= 15 is 0 Å². The lowest BCUT2D eigenvalue weighted by Crippen LogP contribution is -2.37. The summed E-state index contributed by atoms with van der Waals surface area (Å²) < 4.78 is 0. The number of likely N-dealkylation sites (tertiary alicyclic amines) is 1. The van der Waals surface area contributed by atoms with Gasteiger partial charge in [0.05, 0.1) is 5.71 Å². The normalized spacial score (nSPS) is 29.2. The molecule has 0 saturated carbocycles. The summed E-state index contributed by atoms with van der Waals surface area (Å²) in [4.78, 5) is 7.38. The zero-order chi connectivity index (χ0) is 8.97. The Bertz CT molecular complexity index is 168. The van der Waals surface area contributed by atoms with Crippen molar-refractivity contribution in [2.45, 2.75) is 32.7 Å². The molecule has 0 aliphatic carbocycles. The first kappa shape index (κ1) is 9.52. The number of hydrogen-bond donors (Lipinski definition) is 0. The number of nitrogens with zero attached hydrogens (tertiary/aromatic N) is 2. The van der Waals surface area contributed by atoms with Crippen molar-refractivity contribution < 1.29 is 4.84 Å². The van der Waals surface area contributed by atoms with Gasteiger partial charge in [0.1, 0.15) is 6.61 Å². The molecule has 1 aliphatic rings. The first-order chi connectivity index (χ1) is 5.74. The van der Waals surface area contributed by atoms with Crippen LogP contribution in [0.15, 0.2) is 5.16 Å². The maximum atomic E-state index is 5.03. The van der Waals surface area contributed by atoms with Gasteiger partial charge in [-0.25, -0.2) is 0 Å². The van der Waals surface area contributed by atoms with Crippen LogP contribution in [0.25, 0.3) is 0 Å². The van der Waals surface area contributed by atoms with Gasteiger partial charge >= 0.3 is 0 Å². The highest BCUT2D eigenvalue weighted by molar-refractivity contribution is 5.85. The van der Waals surface area contributed by atoms with E-state index in [1.807, 2.05) is 6.92 Å². The molecule has 0 spiro atoms. The molecule has 1 fully saturated rings. The van der Waals surface area contributed by atoms with Crippen molar-refractivity contribution in [1.29, 1.82) is 0 Å². The summed E-state index contributed by atoms with van der Waals surface area (Å²) in [5.74, 6) is 0. The van der Waals surface area contributed by atoms with Crippen molar-refractivity contribution in [2.75, 3.05) is 20.2 Å². The van der Waals surface area contributed by atoms with Crippen molar-refractivity contribution in [3.63, 3.8) is 0 Å². The summed E-state index contributed by atoms with van der Waals surface area (Å²) in [6, 6.07) is 0.609. The van der Waals surface area contributed by atoms with E-state index in [0.717, 1.165) is 19.4 Å². The third kappa shape index (κ3) is 2.48. The molecule has 0 amide bonds.